The first kappa shape index (κ1) is 17.1. The van der Waals surface area contributed by atoms with Crippen molar-refractivity contribution in [1.29, 1.82) is 0 Å². The van der Waals surface area contributed by atoms with E-state index in [0.29, 0.717) is 11.5 Å². The van der Waals surface area contributed by atoms with E-state index in [0.717, 1.165) is 0 Å². The van der Waals surface area contributed by atoms with Gasteiger partial charge in [0.15, 0.2) is 0 Å². The van der Waals surface area contributed by atoms with E-state index in [1.165, 1.54) is 63.4 Å². The number of pyridine rings is 1. The largest absolute Gasteiger partial charge is 0.228 e. The molecule has 1 unspecified atom stereocenters. The Hall–Kier alpha value is -0.920. The molecule has 0 spiro atoms. The van der Waals surface area contributed by atoms with Crippen LogP contribution in [0.15, 0.2) is 12.3 Å². The maximum absolute atomic E-state index is 13.3. The highest BCUT2D eigenvalue weighted by Gasteiger charge is 2.13. The van der Waals surface area contributed by atoms with Crippen LogP contribution < -0.4 is 0 Å². The number of aromatic nitrogens is 1. The number of hydrogen-bond donors (Lipinski definition) is 0. The van der Waals surface area contributed by atoms with E-state index >= 15 is 0 Å². The molecule has 0 aromatic carbocycles. The molecule has 1 rings (SSSR count). The molecule has 1 heterocycles. The molecule has 114 valence electrons. The minimum absolute atomic E-state index is 0.327. The van der Waals surface area contributed by atoms with Gasteiger partial charge in [-0.2, -0.15) is 4.39 Å². The molecule has 1 aromatic rings. The van der Waals surface area contributed by atoms with Gasteiger partial charge in [-0.1, -0.05) is 58.8 Å². The van der Waals surface area contributed by atoms with Crippen LogP contribution in [0.1, 0.15) is 88.7 Å². The van der Waals surface area contributed by atoms with Crippen LogP contribution in [0.4, 0.5) is 4.39 Å². The van der Waals surface area contributed by atoms with Crippen LogP contribution in [-0.4, -0.2) is 4.98 Å². The van der Waals surface area contributed by atoms with Gasteiger partial charge in [-0.15, -0.1) is 0 Å². The molecule has 1 atom stereocenters. The zero-order chi connectivity index (χ0) is 14.8. The lowest BCUT2D eigenvalue weighted by Gasteiger charge is -2.17. The molecule has 0 aliphatic rings. The highest BCUT2D eigenvalue weighted by atomic mass is 19.1. The van der Waals surface area contributed by atoms with Gasteiger partial charge < -0.3 is 0 Å². The zero-order valence-electron chi connectivity index (χ0n) is 13.4. The molecule has 0 radical (unpaired) electrons. The molecular weight excluding hydrogens is 249 g/mol. The summed E-state index contributed by atoms with van der Waals surface area (Å²) in [7, 11) is 0. The highest BCUT2D eigenvalue weighted by Crippen LogP contribution is 2.28. The van der Waals surface area contributed by atoms with E-state index in [2.05, 4.69) is 18.8 Å². The monoisotopic (exact) mass is 279 g/mol. The quantitative estimate of drug-likeness (QED) is 0.369. The maximum Gasteiger partial charge on any atom is 0.215 e. The average molecular weight is 279 g/mol. The van der Waals surface area contributed by atoms with E-state index in [9.17, 15) is 4.39 Å². The van der Waals surface area contributed by atoms with Crippen molar-refractivity contribution < 1.29 is 4.39 Å². The normalized spacial score (nSPS) is 12.6. The minimum atomic E-state index is -0.327. The fourth-order valence-electron chi connectivity index (χ4n) is 2.74. The van der Waals surface area contributed by atoms with Gasteiger partial charge in [0.2, 0.25) is 5.95 Å². The number of rotatable bonds is 10. The van der Waals surface area contributed by atoms with Crippen LogP contribution in [0, 0.1) is 12.9 Å². The van der Waals surface area contributed by atoms with Gasteiger partial charge in [0, 0.05) is 11.8 Å². The van der Waals surface area contributed by atoms with Gasteiger partial charge in [0.1, 0.15) is 0 Å². The smallest absolute Gasteiger partial charge is 0.215 e. The van der Waals surface area contributed by atoms with Gasteiger partial charge in [-0.3, -0.25) is 0 Å². The van der Waals surface area contributed by atoms with Gasteiger partial charge in [-0.25, -0.2) is 4.98 Å². The van der Waals surface area contributed by atoms with Gasteiger partial charge in [0.05, 0.1) is 0 Å². The molecule has 0 amide bonds. The summed E-state index contributed by atoms with van der Waals surface area (Å²) in [6, 6.07) is 2.00. The Bertz CT molecular complexity index is 376. The summed E-state index contributed by atoms with van der Waals surface area (Å²) < 4.78 is 13.3. The second-order valence-electron chi connectivity index (χ2n) is 5.92. The van der Waals surface area contributed by atoms with Crippen LogP contribution in [0.5, 0.6) is 0 Å². The topological polar surface area (TPSA) is 12.9 Å². The Morgan fingerprint density at radius 2 is 1.60 bits per heavy atom. The highest BCUT2D eigenvalue weighted by molar-refractivity contribution is 5.21. The summed E-state index contributed by atoms with van der Waals surface area (Å²) in [5.74, 6) is 0.234. The molecule has 0 fully saturated rings. The van der Waals surface area contributed by atoms with Crippen LogP contribution in [-0.2, 0) is 0 Å². The summed E-state index contributed by atoms with van der Waals surface area (Å²) in [4.78, 5) is 3.91. The molecule has 20 heavy (non-hydrogen) atoms. The van der Waals surface area contributed by atoms with Crippen LogP contribution >= 0.6 is 0 Å². The Morgan fingerprint density at radius 1 is 1.00 bits per heavy atom. The Balaban J connectivity index is 2.61. The van der Waals surface area contributed by atoms with Crippen molar-refractivity contribution in [2.45, 2.75) is 84.5 Å². The molecule has 2 heteroatoms. The molecule has 1 nitrogen and oxygen atoms in total. The van der Waals surface area contributed by atoms with Crippen molar-refractivity contribution in [3.8, 4) is 0 Å². The van der Waals surface area contributed by atoms with Crippen molar-refractivity contribution in [2.24, 2.45) is 0 Å². The third-order valence-corrected chi connectivity index (χ3v) is 4.07. The Kier molecular flexibility index (Phi) is 8.48. The van der Waals surface area contributed by atoms with E-state index in [1.54, 1.807) is 6.20 Å². The standard InChI is InChI=1S/C18H30FN/c1-4-6-8-10-12-16(11-9-7-5-2)17-13-15(3)18(19)20-14-17/h13-14,16H,4-12H2,1-3H3. The molecule has 0 aliphatic heterocycles. The summed E-state index contributed by atoms with van der Waals surface area (Å²) in [6.45, 7) is 6.29. The maximum atomic E-state index is 13.3. The van der Waals surface area contributed by atoms with Crippen LogP contribution in [0.25, 0.3) is 0 Å². The third kappa shape index (κ3) is 6.02. The number of aryl methyl sites for hydroxylation is 1. The fourth-order valence-corrected chi connectivity index (χ4v) is 2.74. The first-order valence-corrected chi connectivity index (χ1v) is 8.31. The first-order chi connectivity index (χ1) is 9.69. The predicted molar refractivity (Wildman–Crippen MR) is 84.6 cm³/mol. The Labute approximate surface area is 124 Å². The van der Waals surface area contributed by atoms with Crippen molar-refractivity contribution in [3.05, 3.63) is 29.3 Å². The number of unbranched alkanes of at least 4 members (excludes halogenated alkanes) is 5. The third-order valence-electron chi connectivity index (χ3n) is 4.07. The summed E-state index contributed by atoms with van der Waals surface area (Å²) in [6.07, 6.45) is 13.2. The molecule has 0 bridgehead atoms. The van der Waals surface area contributed by atoms with Gasteiger partial charge in [-0.05, 0) is 37.3 Å². The average Bonchev–Trinajstić information content (AvgIpc) is 2.45. The SMILES string of the molecule is CCCCCCC(CCCCC)c1cnc(F)c(C)c1. The van der Waals surface area contributed by atoms with Crippen molar-refractivity contribution in [2.75, 3.05) is 0 Å². The van der Waals surface area contributed by atoms with Crippen LogP contribution in [0.3, 0.4) is 0 Å². The van der Waals surface area contributed by atoms with Gasteiger partial charge >= 0.3 is 0 Å². The van der Waals surface area contributed by atoms with Crippen molar-refractivity contribution in [1.82, 2.24) is 4.98 Å². The van der Waals surface area contributed by atoms with E-state index in [-0.39, 0.29) is 5.95 Å². The predicted octanol–water partition coefficient (Wildman–Crippen LogP) is 6.16. The van der Waals surface area contributed by atoms with E-state index in [4.69, 9.17) is 0 Å². The summed E-state index contributed by atoms with van der Waals surface area (Å²) >= 11 is 0. The number of halogens is 1. The second kappa shape index (κ2) is 9.90. The number of hydrogen-bond acceptors (Lipinski definition) is 1. The van der Waals surface area contributed by atoms with Crippen molar-refractivity contribution >= 4 is 0 Å². The summed E-state index contributed by atoms with van der Waals surface area (Å²) in [5, 5.41) is 0. The van der Waals surface area contributed by atoms with Crippen LogP contribution in [0.2, 0.25) is 0 Å². The molecule has 0 saturated heterocycles. The lowest BCUT2D eigenvalue weighted by Crippen LogP contribution is -2.02. The van der Waals surface area contributed by atoms with Gasteiger partial charge in [0.25, 0.3) is 0 Å². The molecule has 0 aliphatic carbocycles. The Morgan fingerprint density at radius 3 is 2.20 bits per heavy atom. The molecule has 0 saturated carbocycles. The first-order valence-electron chi connectivity index (χ1n) is 8.31. The summed E-state index contributed by atoms with van der Waals surface area (Å²) in [5.41, 5.74) is 1.91. The molecule has 0 N–H and O–H groups in total. The lowest BCUT2D eigenvalue weighted by atomic mass is 9.89. The molecular formula is C18H30FN. The van der Waals surface area contributed by atoms with Crippen molar-refractivity contribution in [3.63, 3.8) is 0 Å². The van der Waals surface area contributed by atoms with E-state index < -0.39 is 0 Å². The van der Waals surface area contributed by atoms with E-state index in [1.807, 2.05) is 13.0 Å². The zero-order valence-corrected chi connectivity index (χ0v) is 13.4. The fraction of sp³-hybridized carbons (Fsp3) is 0.722. The lowest BCUT2D eigenvalue weighted by molar-refractivity contribution is 0.496. The molecule has 1 aromatic heterocycles. The second-order valence-corrected chi connectivity index (χ2v) is 5.92. The minimum Gasteiger partial charge on any atom is -0.228 e. The number of nitrogens with zero attached hydrogens (tertiary/aromatic N) is 1.